The molecule has 0 fully saturated rings. The Morgan fingerprint density at radius 3 is 1.65 bits per heavy atom. The predicted molar refractivity (Wildman–Crippen MR) is 122 cm³/mol. The Labute approximate surface area is 197 Å². The van der Waals surface area contributed by atoms with Gasteiger partial charge in [-0.05, 0) is 6.07 Å². The van der Waals surface area contributed by atoms with Crippen LogP contribution in [0.5, 0.6) is 0 Å². The largest absolute Gasteiger partial charge is 0.377 e. The number of benzene rings is 1. The predicted octanol–water partition coefficient (Wildman–Crippen LogP) is 1.65. The lowest BCUT2D eigenvalue weighted by molar-refractivity contribution is -0.393. The van der Waals surface area contributed by atoms with E-state index in [2.05, 4.69) is 11.2 Å². The van der Waals surface area contributed by atoms with Crippen molar-refractivity contribution in [1.29, 1.82) is 0 Å². The van der Waals surface area contributed by atoms with Gasteiger partial charge >= 0.3 is 0 Å². The lowest BCUT2D eigenvalue weighted by Crippen LogP contribution is -2.15. The molecule has 13 nitrogen and oxygen atoms in total. The zero-order valence-corrected chi connectivity index (χ0v) is 19.0. The van der Waals surface area contributed by atoms with E-state index < -0.39 is 9.85 Å². The quantitative estimate of drug-likeness (QED) is 0.110. The van der Waals surface area contributed by atoms with E-state index in [1.165, 1.54) is 12.1 Å². The van der Waals surface area contributed by atoms with Crippen LogP contribution in [0.1, 0.15) is 0 Å². The molecule has 1 aromatic rings. The van der Waals surface area contributed by atoms with Crippen LogP contribution in [-0.4, -0.2) is 95.7 Å². The smallest absolute Gasteiger partial charge is 0.299 e. The summed E-state index contributed by atoms with van der Waals surface area (Å²) in [6, 6.07) is 3.42. The van der Waals surface area contributed by atoms with Crippen molar-refractivity contribution in [1.82, 2.24) is 0 Å². The number of terminal acetylenes is 1. The van der Waals surface area contributed by atoms with Crippen molar-refractivity contribution in [2.24, 2.45) is 0 Å². The Bertz CT molecular complexity index is 757. The zero-order chi connectivity index (χ0) is 24.9. The van der Waals surface area contributed by atoms with Crippen LogP contribution in [0.2, 0.25) is 0 Å². The Balaban J connectivity index is 1.90. The van der Waals surface area contributed by atoms with Crippen molar-refractivity contribution >= 4 is 17.1 Å². The minimum atomic E-state index is -0.682. The Kier molecular flexibility index (Phi) is 16.8. The first-order chi connectivity index (χ1) is 16.6. The molecule has 34 heavy (non-hydrogen) atoms. The molecule has 0 radical (unpaired) electrons. The Morgan fingerprint density at radius 1 is 0.735 bits per heavy atom. The molecule has 0 heterocycles. The Morgan fingerprint density at radius 2 is 1.21 bits per heavy atom. The molecule has 0 bridgehead atoms. The zero-order valence-electron chi connectivity index (χ0n) is 19.0. The molecule has 190 valence electrons. The summed E-state index contributed by atoms with van der Waals surface area (Å²) in [4.78, 5) is 20.5. The molecule has 1 rings (SSSR count). The van der Waals surface area contributed by atoms with Crippen molar-refractivity contribution in [3.05, 3.63) is 38.4 Å². The van der Waals surface area contributed by atoms with Gasteiger partial charge in [-0.3, -0.25) is 20.2 Å². The molecule has 0 aliphatic rings. The summed E-state index contributed by atoms with van der Waals surface area (Å²) in [5, 5.41) is 24.6. The van der Waals surface area contributed by atoms with Crippen molar-refractivity contribution in [3.8, 4) is 12.3 Å². The number of non-ortho nitro benzene ring substituents is 1. The molecule has 0 saturated heterocycles. The fraction of sp³-hybridized carbons (Fsp3) is 0.619. The average molecular weight is 485 g/mol. The fourth-order valence-corrected chi connectivity index (χ4v) is 2.42. The maximum atomic E-state index is 11.1. The van der Waals surface area contributed by atoms with Crippen LogP contribution < -0.4 is 5.32 Å². The normalized spacial score (nSPS) is 10.7. The summed E-state index contributed by atoms with van der Waals surface area (Å²) in [5.74, 6) is 2.37. The molecule has 0 unspecified atom stereocenters. The van der Waals surface area contributed by atoms with Crippen molar-refractivity contribution in [3.63, 3.8) is 0 Å². The summed E-state index contributed by atoms with van der Waals surface area (Å²) in [6.07, 6.45) is 5.05. The molecule has 0 aromatic heterocycles. The first-order valence-electron chi connectivity index (χ1n) is 10.6. The number of rotatable bonds is 22. The second-order valence-electron chi connectivity index (χ2n) is 6.46. The second-order valence-corrected chi connectivity index (χ2v) is 6.46. The minimum Gasteiger partial charge on any atom is -0.377 e. The van der Waals surface area contributed by atoms with Gasteiger partial charge in [0, 0.05) is 12.6 Å². The molecule has 0 amide bonds. The van der Waals surface area contributed by atoms with Gasteiger partial charge in [-0.2, -0.15) is 0 Å². The fourth-order valence-electron chi connectivity index (χ4n) is 2.42. The van der Waals surface area contributed by atoms with Gasteiger partial charge in [-0.1, -0.05) is 5.92 Å². The summed E-state index contributed by atoms with van der Waals surface area (Å²) in [6.45, 7) is 5.22. The van der Waals surface area contributed by atoms with Gasteiger partial charge in [0.25, 0.3) is 11.4 Å². The summed E-state index contributed by atoms with van der Waals surface area (Å²) < 4.78 is 31.8. The van der Waals surface area contributed by atoms with E-state index >= 15 is 0 Å². The maximum Gasteiger partial charge on any atom is 0.299 e. The molecule has 13 heteroatoms. The number of nitro groups is 2. The van der Waals surface area contributed by atoms with Crippen molar-refractivity contribution in [2.45, 2.75) is 0 Å². The second kappa shape index (κ2) is 19.6. The number of nitrogens with one attached hydrogen (secondary N) is 1. The highest BCUT2D eigenvalue weighted by Gasteiger charge is 2.18. The van der Waals surface area contributed by atoms with Crippen LogP contribution in [0.4, 0.5) is 17.1 Å². The topological polar surface area (TPSA) is 154 Å². The number of nitrogens with zero attached hydrogens (tertiary/aromatic N) is 2. The third-order valence-electron chi connectivity index (χ3n) is 4.00. The van der Waals surface area contributed by atoms with Crippen molar-refractivity contribution in [2.75, 3.05) is 91.1 Å². The SMILES string of the molecule is C#CCOCCOCCOCCOCCOCCOCCNc1ccc([N+](=O)[O-])cc1[N+](=O)[O-]. The van der Waals surface area contributed by atoms with Crippen LogP contribution in [0.15, 0.2) is 18.2 Å². The molecule has 1 aromatic carbocycles. The summed E-state index contributed by atoms with van der Waals surface area (Å²) in [7, 11) is 0. The number of ether oxygens (including phenoxy) is 6. The third-order valence-corrected chi connectivity index (χ3v) is 4.00. The highest BCUT2D eigenvalue weighted by molar-refractivity contribution is 5.65. The van der Waals surface area contributed by atoms with E-state index in [4.69, 9.17) is 34.8 Å². The molecule has 0 aliphatic heterocycles. The molecule has 1 N–H and O–H groups in total. The van der Waals surface area contributed by atoms with Gasteiger partial charge in [-0.25, -0.2) is 0 Å². The van der Waals surface area contributed by atoms with Crippen LogP contribution in [0, 0.1) is 32.6 Å². The van der Waals surface area contributed by atoms with E-state index in [-0.39, 0.29) is 30.3 Å². The van der Waals surface area contributed by atoms with Gasteiger partial charge in [-0.15, -0.1) is 6.42 Å². The standard InChI is InChI=1S/C21H31N3O10/c1-2-6-29-8-10-31-12-14-33-16-17-34-15-13-32-11-9-30-7-5-22-20-4-3-19(23(25)26)18-21(20)24(27)28/h1,3-4,18,22H,5-17H2. The van der Waals surface area contributed by atoms with Gasteiger partial charge in [0.1, 0.15) is 12.3 Å². The molecule has 0 saturated carbocycles. The van der Waals surface area contributed by atoms with Crippen LogP contribution in [0.25, 0.3) is 0 Å². The molecule has 0 spiro atoms. The number of hydrogen-bond donors (Lipinski definition) is 1. The highest BCUT2D eigenvalue weighted by atomic mass is 16.6. The van der Waals surface area contributed by atoms with Gasteiger partial charge in [0.2, 0.25) is 0 Å². The number of nitro benzene ring substituents is 2. The third kappa shape index (κ3) is 14.3. The van der Waals surface area contributed by atoms with Gasteiger partial charge < -0.3 is 33.7 Å². The van der Waals surface area contributed by atoms with Gasteiger partial charge in [0.15, 0.2) is 0 Å². The van der Waals surface area contributed by atoms with Crippen LogP contribution in [0.3, 0.4) is 0 Å². The molecule has 0 aliphatic carbocycles. The monoisotopic (exact) mass is 485 g/mol. The highest BCUT2D eigenvalue weighted by Crippen LogP contribution is 2.28. The lowest BCUT2D eigenvalue weighted by Gasteiger charge is -2.09. The van der Waals surface area contributed by atoms with E-state index in [1.807, 2.05) is 0 Å². The molecule has 0 atom stereocenters. The Hall–Kier alpha value is -2.86. The van der Waals surface area contributed by atoms with Crippen LogP contribution >= 0.6 is 0 Å². The van der Waals surface area contributed by atoms with E-state index in [0.717, 1.165) is 6.07 Å². The van der Waals surface area contributed by atoms with Crippen LogP contribution in [-0.2, 0) is 28.4 Å². The molecular formula is C21H31N3O10. The van der Waals surface area contributed by atoms with E-state index in [0.29, 0.717) is 72.6 Å². The maximum absolute atomic E-state index is 11.1. The van der Waals surface area contributed by atoms with Crippen molar-refractivity contribution < 1.29 is 38.3 Å². The van der Waals surface area contributed by atoms with Gasteiger partial charge in [0.05, 0.1) is 88.6 Å². The average Bonchev–Trinajstić information content (AvgIpc) is 2.82. The molecular weight excluding hydrogens is 454 g/mol. The first kappa shape index (κ1) is 29.2. The van der Waals surface area contributed by atoms with E-state index in [9.17, 15) is 20.2 Å². The first-order valence-corrected chi connectivity index (χ1v) is 10.6. The summed E-state index contributed by atoms with van der Waals surface area (Å²) in [5.41, 5.74) is -0.514. The summed E-state index contributed by atoms with van der Waals surface area (Å²) >= 11 is 0. The van der Waals surface area contributed by atoms with E-state index in [1.54, 1.807) is 0 Å². The number of anilines is 1. The number of hydrogen-bond acceptors (Lipinski definition) is 11. The minimum absolute atomic E-state index is 0.190. The lowest BCUT2D eigenvalue weighted by atomic mass is 10.2.